The van der Waals surface area contributed by atoms with Crippen molar-refractivity contribution < 1.29 is 9.95 Å². The van der Waals surface area contributed by atoms with Gasteiger partial charge in [-0.15, -0.1) is 5.06 Å². The second kappa shape index (κ2) is 5.92. The molecule has 1 aliphatic heterocycles. The Bertz CT molecular complexity index is 752. The molecule has 1 unspecified atom stereocenters. The van der Waals surface area contributed by atoms with Crippen molar-refractivity contribution in [2.45, 2.75) is 25.6 Å². The monoisotopic (exact) mass is 325 g/mol. The van der Waals surface area contributed by atoms with Gasteiger partial charge in [0.2, 0.25) is 5.71 Å². The molecule has 0 amide bonds. The van der Waals surface area contributed by atoms with Gasteiger partial charge in [-0.3, -0.25) is 0 Å². The van der Waals surface area contributed by atoms with Crippen LogP contribution in [0.25, 0.3) is 0 Å². The molecule has 1 heterocycles. The topological polar surface area (TPSA) is 52.8 Å². The Balaban J connectivity index is 2.07. The van der Waals surface area contributed by atoms with E-state index in [-0.39, 0.29) is 0 Å². The third-order valence-electron chi connectivity index (χ3n) is 4.58. The van der Waals surface area contributed by atoms with Crippen molar-refractivity contribution in [2.24, 2.45) is 0 Å². The summed E-state index contributed by atoms with van der Waals surface area (Å²) in [5.41, 5.74) is 2.41. The molecule has 1 N–H and O–H groups in total. The Hall–Kier alpha value is -2.37. The van der Waals surface area contributed by atoms with Gasteiger partial charge in [0.05, 0.1) is 0 Å². The Morgan fingerprint density at radius 1 is 1.04 bits per heavy atom. The number of hydrogen-bond donors (Lipinski definition) is 1. The van der Waals surface area contributed by atoms with Crippen LogP contribution in [0.5, 0.6) is 0 Å². The molecular formula is C19H23N3O2. The largest absolute Gasteiger partial charge is 0.622 e. The van der Waals surface area contributed by atoms with Crippen molar-refractivity contribution in [1.29, 1.82) is 0 Å². The van der Waals surface area contributed by atoms with E-state index in [1.165, 1.54) is 0 Å². The summed E-state index contributed by atoms with van der Waals surface area (Å²) in [7, 11) is 3.93. The van der Waals surface area contributed by atoms with E-state index in [1.54, 1.807) is 0 Å². The minimum Gasteiger partial charge on any atom is -0.622 e. The molecule has 0 spiro atoms. The molecule has 0 radical (unpaired) electrons. The van der Waals surface area contributed by atoms with Crippen molar-refractivity contribution in [3.05, 3.63) is 70.9 Å². The SMILES string of the molecule is CN(C)c1ccc(C2N(O)C(C)(C)C(c3ccccc3)=[N+]2[O-])cc1. The van der Waals surface area contributed by atoms with Gasteiger partial charge in [0.1, 0.15) is 5.54 Å². The second-order valence-electron chi connectivity index (χ2n) is 6.80. The lowest BCUT2D eigenvalue weighted by atomic mass is 9.93. The zero-order valence-corrected chi connectivity index (χ0v) is 14.5. The number of hydroxylamine groups is 3. The quantitative estimate of drug-likeness (QED) is 0.695. The van der Waals surface area contributed by atoms with E-state index in [2.05, 4.69) is 0 Å². The third kappa shape index (κ3) is 2.56. The maximum atomic E-state index is 13.0. The molecule has 1 aliphatic rings. The maximum absolute atomic E-state index is 13.0. The lowest BCUT2D eigenvalue weighted by molar-refractivity contribution is -0.544. The molecule has 2 aromatic carbocycles. The molecule has 126 valence electrons. The van der Waals surface area contributed by atoms with Gasteiger partial charge in [0.25, 0.3) is 6.17 Å². The summed E-state index contributed by atoms with van der Waals surface area (Å²) in [4.78, 5) is 2.00. The van der Waals surface area contributed by atoms with E-state index in [0.717, 1.165) is 26.6 Å². The predicted molar refractivity (Wildman–Crippen MR) is 95.4 cm³/mol. The van der Waals surface area contributed by atoms with Gasteiger partial charge in [0.15, 0.2) is 0 Å². The standard InChI is InChI=1S/C19H23N3O2/c1-19(2)17(14-8-6-5-7-9-14)21(23)18(22(19)24)15-10-12-16(13-11-15)20(3)4/h5-13,18,24H,1-4H3. The third-order valence-corrected chi connectivity index (χ3v) is 4.58. The minimum absolute atomic E-state index is 0.562. The molecule has 5 heteroatoms. The van der Waals surface area contributed by atoms with Crippen LogP contribution in [-0.4, -0.2) is 40.4 Å². The average molecular weight is 325 g/mol. The fraction of sp³-hybridized carbons (Fsp3) is 0.316. The van der Waals surface area contributed by atoms with E-state index in [4.69, 9.17) is 0 Å². The van der Waals surface area contributed by atoms with E-state index < -0.39 is 11.7 Å². The van der Waals surface area contributed by atoms with Crippen LogP contribution in [-0.2, 0) is 0 Å². The second-order valence-corrected chi connectivity index (χ2v) is 6.80. The number of nitrogens with zero attached hydrogens (tertiary/aromatic N) is 3. The molecule has 2 aromatic rings. The molecule has 0 fully saturated rings. The maximum Gasteiger partial charge on any atom is 0.268 e. The highest BCUT2D eigenvalue weighted by atomic mass is 16.5. The van der Waals surface area contributed by atoms with Crippen molar-refractivity contribution in [2.75, 3.05) is 19.0 Å². The summed E-state index contributed by atoms with van der Waals surface area (Å²) >= 11 is 0. The molecule has 24 heavy (non-hydrogen) atoms. The first-order valence-corrected chi connectivity index (χ1v) is 7.98. The van der Waals surface area contributed by atoms with Gasteiger partial charge in [-0.2, -0.15) is 4.74 Å². The fourth-order valence-electron chi connectivity index (χ4n) is 3.20. The predicted octanol–water partition coefficient (Wildman–Crippen LogP) is 3.23. The smallest absolute Gasteiger partial charge is 0.268 e. The van der Waals surface area contributed by atoms with Crippen LogP contribution in [0.1, 0.15) is 31.1 Å². The first-order valence-electron chi connectivity index (χ1n) is 7.98. The number of benzene rings is 2. The summed E-state index contributed by atoms with van der Waals surface area (Å²) in [6, 6.07) is 17.2. The molecule has 0 aliphatic carbocycles. The fourth-order valence-corrected chi connectivity index (χ4v) is 3.20. The molecule has 0 saturated heterocycles. The number of anilines is 1. The highest BCUT2D eigenvalue weighted by Crippen LogP contribution is 2.37. The highest BCUT2D eigenvalue weighted by Gasteiger charge is 2.52. The summed E-state index contributed by atoms with van der Waals surface area (Å²) in [5.74, 6) is 0. The van der Waals surface area contributed by atoms with Gasteiger partial charge in [-0.25, -0.2) is 0 Å². The van der Waals surface area contributed by atoms with E-state index in [1.807, 2.05) is 87.4 Å². The summed E-state index contributed by atoms with van der Waals surface area (Å²) < 4.78 is 0.917. The first kappa shape index (κ1) is 16.5. The van der Waals surface area contributed by atoms with Gasteiger partial charge in [0, 0.05) is 30.9 Å². The molecule has 5 nitrogen and oxygen atoms in total. The average Bonchev–Trinajstić information content (AvgIpc) is 2.73. The first-order chi connectivity index (χ1) is 11.3. The zero-order chi connectivity index (χ0) is 17.5. The normalized spacial score (nSPS) is 20.5. The lowest BCUT2D eigenvalue weighted by Gasteiger charge is -2.26. The zero-order valence-electron chi connectivity index (χ0n) is 14.5. The van der Waals surface area contributed by atoms with Crippen LogP contribution in [0, 0.1) is 5.21 Å². The Morgan fingerprint density at radius 2 is 1.62 bits per heavy atom. The van der Waals surface area contributed by atoms with E-state index >= 15 is 0 Å². The molecule has 0 aromatic heterocycles. The number of rotatable bonds is 3. The van der Waals surface area contributed by atoms with Gasteiger partial charge < -0.3 is 15.3 Å². The van der Waals surface area contributed by atoms with Crippen LogP contribution in [0.3, 0.4) is 0 Å². The summed E-state index contributed by atoms with van der Waals surface area (Å²) in [5, 5.41) is 24.9. The van der Waals surface area contributed by atoms with Gasteiger partial charge in [-0.1, -0.05) is 18.2 Å². The Labute approximate surface area is 142 Å². The van der Waals surface area contributed by atoms with Crippen molar-refractivity contribution >= 4 is 11.4 Å². The lowest BCUT2D eigenvalue weighted by Crippen LogP contribution is -2.44. The summed E-state index contributed by atoms with van der Waals surface area (Å²) in [6.07, 6.45) is -0.758. The van der Waals surface area contributed by atoms with Crippen molar-refractivity contribution in [3.8, 4) is 0 Å². The minimum atomic E-state index is -0.784. The molecule has 3 rings (SSSR count). The molecule has 0 saturated carbocycles. The van der Waals surface area contributed by atoms with Gasteiger partial charge >= 0.3 is 0 Å². The van der Waals surface area contributed by atoms with E-state index in [0.29, 0.717) is 5.71 Å². The van der Waals surface area contributed by atoms with Crippen LogP contribution >= 0.6 is 0 Å². The van der Waals surface area contributed by atoms with Crippen LogP contribution < -0.4 is 4.90 Å². The van der Waals surface area contributed by atoms with Crippen molar-refractivity contribution in [1.82, 2.24) is 5.06 Å². The van der Waals surface area contributed by atoms with Gasteiger partial charge in [-0.05, 0) is 50.2 Å². The molecule has 0 bridgehead atoms. The van der Waals surface area contributed by atoms with Crippen molar-refractivity contribution in [3.63, 3.8) is 0 Å². The van der Waals surface area contributed by atoms with Crippen LogP contribution in [0.15, 0.2) is 54.6 Å². The molecular weight excluding hydrogens is 302 g/mol. The van der Waals surface area contributed by atoms with Crippen LogP contribution in [0.4, 0.5) is 5.69 Å². The Kier molecular flexibility index (Phi) is 4.07. The van der Waals surface area contributed by atoms with E-state index in [9.17, 15) is 10.4 Å². The number of hydrogen-bond acceptors (Lipinski definition) is 4. The molecule has 1 atom stereocenters. The summed E-state index contributed by atoms with van der Waals surface area (Å²) in [6.45, 7) is 3.71. The Morgan fingerprint density at radius 3 is 2.17 bits per heavy atom. The highest BCUT2D eigenvalue weighted by molar-refractivity contribution is 6.04. The van der Waals surface area contributed by atoms with Crippen LogP contribution in [0.2, 0.25) is 0 Å².